The average Bonchev–Trinajstić information content (AvgIpc) is 2.17. The number of hydrogen-bond donors (Lipinski definition) is 1. The van der Waals surface area contributed by atoms with Gasteiger partial charge in [-0.3, -0.25) is 0 Å². The first-order valence-corrected chi connectivity index (χ1v) is 5.28. The van der Waals surface area contributed by atoms with Crippen molar-refractivity contribution in [2.75, 3.05) is 7.05 Å². The van der Waals surface area contributed by atoms with E-state index in [-0.39, 0.29) is 5.54 Å². The second kappa shape index (κ2) is 4.65. The molecule has 0 spiro atoms. The van der Waals surface area contributed by atoms with E-state index in [2.05, 4.69) is 51.3 Å². The Morgan fingerprint density at radius 1 is 1.21 bits per heavy atom. The van der Waals surface area contributed by atoms with E-state index in [1.54, 1.807) is 0 Å². The molecule has 0 aromatic heterocycles. The molecule has 1 rings (SSSR count). The van der Waals surface area contributed by atoms with Crippen LogP contribution in [0.15, 0.2) is 24.3 Å². The third kappa shape index (κ3) is 3.55. The van der Waals surface area contributed by atoms with E-state index in [0.717, 1.165) is 6.42 Å². The van der Waals surface area contributed by atoms with Crippen LogP contribution >= 0.6 is 0 Å². The van der Waals surface area contributed by atoms with Gasteiger partial charge in [-0.05, 0) is 39.3 Å². The van der Waals surface area contributed by atoms with E-state index in [1.165, 1.54) is 17.4 Å². The van der Waals surface area contributed by atoms with Crippen LogP contribution in [-0.4, -0.2) is 20.4 Å². The van der Waals surface area contributed by atoms with E-state index in [4.69, 9.17) is 0 Å². The van der Waals surface area contributed by atoms with E-state index in [0.29, 0.717) is 0 Å². The minimum absolute atomic E-state index is 0.241. The van der Waals surface area contributed by atoms with Crippen LogP contribution in [0.25, 0.3) is 0 Å². The summed E-state index contributed by atoms with van der Waals surface area (Å²) in [6.45, 7) is 4.47. The van der Waals surface area contributed by atoms with Crippen molar-refractivity contribution in [1.29, 1.82) is 0 Å². The van der Waals surface area contributed by atoms with Crippen LogP contribution < -0.4 is 10.8 Å². The molecule has 0 aliphatic carbocycles. The fourth-order valence-electron chi connectivity index (χ4n) is 1.34. The lowest BCUT2D eigenvalue weighted by Gasteiger charge is -2.23. The molecule has 14 heavy (non-hydrogen) atoms. The highest BCUT2D eigenvalue weighted by molar-refractivity contribution is 6.32. The highest BCUT2D eigenvalue weighted by atomic mass is 14.9. The van der Waals surface area contributed by atoms with Gasteiger partial charge in [-0.1, -0.05) is 29.7 Å². The Hall–Kier alpha value is -0.755. The molecule has 76 valence electrons. The Morgan fingerprint density at radius 3 is 2.29 bits per heavy atom. The van der Waals surface area contributed by atoms with Gasteiger partial charge in [0.2, 0.25) is 0 Å². The summed E-state index contributed by atoms with van der Waals surface area (Å²) in [5.74, 6) is 0. The number of nitrogens with one attached hydrogen (secondary N) is 1. The Bertz CT molecular complexity index is 277. The maximum absolute atomic E-state index is 3.32. The highest BCUT2D eigenvalue weighted by Crippen LogP contribution is 2.12. The monoisotopic (exact) mass is 189 g/mol. The van der Waals surface area contributed by atoms with Crippen molar-refractivity contribution in [3.8, 4) is 0 Å². The van der Waals surface area contributed by atoms with Crippen LogP contribution in [0.4, 0.5) is 0 Å². The largest absolute Gasteiger partial charge is 0.315 e. The minimum atomic E-state index is 0.241. The molecule has 1 aromatic rings. The van der Waals surface area contributed by atoms with Gasteiger partial charge in [-0.2, -0.15) is 0 Å². The first-order valence-electron chi connectivity index (χ1n) is 5.28. The summed E-state index contributed by atoms with van der Waals surface area (Å²) in [6, 6.07) is 8.81. The normalized spacial score (nSPS) is 11.6. The molecule has 0 saturated heterocycles. The lowest BCUT2D eigenvalue weighted by atomic mass is 9.92. The second-order valence-corrected chi connectivity index (χ2v) is 4.62. The third-order valence-electron chi connectivity index (χ3n) is 2.84. The number of aryl methyl sites for hydroxylation is 1. The van der Waals surface area contributed by atoms with Gasteiger partial charge in [-0.15, -0.1) is 0 Å². The van der Waals surface area contributed by atoms with Gasteiger partial charge in [0.15, 0.2) is 0 Å². The molecule has 0 heterocycles. The summed E-state index contributed by atoms with van der Waals surface area (Å²) in [5.41, 5.74) is 3.01. The Balaban J connectivity index is 2.50. The van der Waals surface area contributed by atoms with Gasteiger partial charge in [0.25, 0.3) is 0 Å². The van der Waals surface area contributed by atoms with Crippen molar-refractivity contribution < 1.29 is 0 Å². The fourth-order valence-corrected chi connectivity index (χ4v) is 1.34. The molecular formula is C12H20BN. The summed E-state index contributed by atoms with van der Waals surface area (Å²) in [6.07, 6.45) is 2.32. The Labute approximate surface area is 88.3 Å². The van der Waals surface area contributed by atoms with Gasteiger partial charge < -0.3 is 5.32 Å². The van der Waals surface area contributed by atoms with Gasteiger partial charge in [-0.25, -0.2) is 0 Å². The van der Waals surface area contributed by atoms with Crippen LogP contribution in [0.3, 0.4) is 0 Å². The predicted molar refractivity (Wildman–Crippen MR) is 66.1 cm³/mol. The summed E-state index contributed by atoms with van der Waals surface area (Å²) in [5, 5.41) is 3.32. The summed E-state index contributed by atoms with van der Waals surface area (Å²) in [4.78, 5) is 0. The zero-order valence-electron chi connectivity index (χ0n) is 9.72. The molecule has 1 N–H and O–H groups in total. The number of hydrogen-bond acceptors (Lipinski definition) is 1. The van der Waals surface area contributed by atoms with Crippen molar-refractivity contribution in [2.24, 2.45) is 0 Å². The number of benzene rings is 1. The van der Waals surface area contributed by atoms with Crippen LogP contribution in [0.1, 0.15) is 25.8 Å². The molecule has 0 aliphatic rings. The molecule has 0 radical (unpaired) electrons. The van der Waals surface area contributed by atoms with Gasteiger partial charge in [0, 0.05) is 5.54 Å². The zero-order chi connectivity index (χ0) is 10.6. The van der Waals surface area contributed by atoms with Crippen molar-refractivity contribution in [3.05, 3.63) is 29.8 Å². The molecular weight excluding hydrogens is 169 g/mol. The SMILES string of the molecule is Bc1ccc(CCC(C)(C)NC)cc1. The topological polar surface area (TPSA) is 12.0 Å². The molecule has 0 saturated carbocycles. The van der Waals surface area contributed by atoms with Crippen LogP contribution in [0.5, 0.6) is 0 Å². The van der Waals surface area contributed by atoms with Gasteiger partial charge >= 0.3 is 0 Å². The lowest BCUT2D eigenvalue weighted by molar-refractivity contribution is 0.393. The summed E-state index contributed by atoms with van der Waals surface area (Å²) >= 11 is 0. The fraction of sp³-hybridized carbons (Fsp3) is 0.500. The van der Waals surface area contributed by atoms with Crippen molar-refractivity contribution >= 4 is 13.3 Å². The second-order valence-electron chi connectivity index (χ2n) is 4.62. The Morgan fingerprint density at radius 2 is 1.79 bits per heavy atom. The molecule has 0 fully saturated rings. The average molecular weight is 189 g/mol. The van der Waals surface area contributed by atoms with Crippen LogP contribution in [0, 0.1) is 0 Å². The predicted octanol–water partition coefficient (Wildman–Crippen LogP) is 0.876. The molecule has 0 bridgehead atoms. The quantitative estimate of drug-likeness (QED) is 0.693. The van der Waals surface area contributed by atoms with Crippen LogP contribution in [-0.2, 0) is 6.42 Å². The molecule has 0 unspecified atom stereocenters. The maximum Gasteiger partial charge on any atom is 0.139 e. The zero-order valence-corrected chi connectivity index (χ0v) is 9.72. The maximum atomic E-state index is 3.32. The molecule has 2 heteroatoms. The number of rotatable bonds is 4. The summed E-state index contributed by atoms with van der Waals surface area (Å²) in [7, 11) is 4.15. The standard InChI is InChI=1S/C12H20BN/c1-12(2,14-3)9-8-10-4-6-11(13)7-5-10/h4-7,14H,8-9,13H2,1-3H3. The molecule has 0 amide bonds. The molecule has 0 aliphatic heterocycles. The molecule has 1 nitrogen and oxygen atoms in total. The van der Waals surface area contributed by atoms with E-state index < -0.39 is 0 Å². The molecule has 0 atom stereocenters. The highest BCUT2D eigenvalue weighted by Gasteiger charge is 2.13. The first kappa shape index (κ1) is 11.3. The smallest absolute Gasteiger partial charge is 0.139 e. The third-order valence-corrected chi connectivity index (χ3v) is 2.84. The van der Waals surface area contributed by atoms with Gasteiger partial charge in [0.05, 0.1) is 0 Å². The van der Waals surface area contributed by atoms with Crippen LogP contribution in [0.2, 0.25) is 0 Å². The first-order chi connectivity index (χ1) is 6.53. The molecule has 1 aromatic carbocycles. The Kier molecular flexibility index (Phi) is 3.76. The van der Waals surface area contributed by atoms with E-state index in [9.17, 15) is 0 Å². The lowest BCUT2D eigenvalue weighted by Crippen LogP contribution is -2.36. The summed E-state index contributed by atoms with van der Waals surface area (Å²) < 4.78 is 0. The van der Waals surface area contributed by atoms with Crippen molar-refractivity contribution in [1.82, 2.24) is 5.32 Å². The van der Waals surface area contributed by atoms with Crippen molar-refractivity contribution in [2.45, 2.75) is 32.2 Å². The van der Waals surface area contributed by atoms with E-state index in [1.807, 2.05) is 7.05 Å². The minimum Gasteiger partial charge on any atom is -0.315 e. The van der Waals surface area contributed by atoms with Gasteiger partial charge in [0.1, 0.15) is 7.85 Å². The van der Waals surface area contributed by atoms with Crippen molar-refractivity contribution in [3.63, 3.8) is 0 Å². The van der Waals surface area contributed by atoms with E-state index >= 15 is 0 Å².